The van der Waals surface area contributed by atoms with Crippen molar-refractivity contribution >= 4 is 44.8 Å². The molecule has 2 rings (SSSR count). The average molecular weight is 403 g/mol. The Morgan fingerprint density at radius 2 is 1.80 bits per heavy atom. The zero-order valence-electron chi connectivity index (χ0n) is 13.3. The number of carbonyl (C=O) groups excluding carboxylic acids is 1. The molecule has 0 spiro atoms. The Balaban J connectivity index is 2.12. The number of ether oxygens (including phenoxy) is 1. The van der Waals surface area contributed by atoms with Crippen LogP contribution in [0.25, 0.3) is 0 Å². The topological polar surface area (TPSA) is 84.5 Å². The van der Waals surface area contributed by atoms with Crippen LogP contribution in [0.5, 0.6) is 5.75 Å². The first-order valence-corrected chi connectivity index (χ1v) is 9.53. The van der Waals surface area contributed by atoms with E-state index in [1.54, 1.807) is 31.2 Å². The van der Waals surface area contributed by atoms with Crippen molar-refractivity contribution in [1.29, 1.82) is 0 Å². The van der Waals surface area contributed by atoms with Crippen LogP contribution in [0.15, 0.2) is 47.4 Å². The first kappa shape index (κ1) is 19.4. The number of anilines is 1. The van der Waals surface area contributed by atoms with Crippen molar-refractivity contribution in [3.63, 3.8) is 0 Å². The van der Waals surface area contributed by atoms with Crippen molar-refractivity contribution in [3.05, 3.63) is 52.5 Å². The second-order valence-electron chi connectivity index (χ2n) is 4.95. The van der Waals surface area contributed by atoms with Crippen LogP contribution in [0.3, 0.4) is 0 Å². The number of benzene rings is 2. The van der Waals surface area contributed by atoms with Crippen LogP contribution in [-0.4, -0.2) is 27.5 Å². The molecule has 0 atom stereocenters. The normalized spacial score (nSPS) is 11.0. The lowest BCUT2D eigenvalue weighted by Crippen LogP contribution is -2.28. The summed E-state index contributed by atoms with van der Waals surface area (Å²) in [5.41, 5.74) is 0.372. The monoisotopic (exact) mass is 402 g/mol. The summed E-state index contributed by atoms with van der Waals surface area (Å²) in [4.78, 5) is 11.4. The van der Waals surface area contributed by atoms with Gasteiger partial charge in [-0.2, -0.15) is 0 Å². The lowest BCUT2D eigenvalue weighted by molar-refractivity contribution is -0.122. The Bertz CT molecular complexity index is 855. The fourth-order valence-electron chi connectivity index (χ4n) is 1.89. The number of likely N-dealkylation sites (N-methyl/N-ethyl adjacent to an activating group) is 1. The summed E-state index contributed by atoms with van der Waals surface area (Å²) < 4.78 is 32.5. The van der Waals surface area contributed by atoms with Gasteiger partial charge in [-0.15, -0.1) is 0 Å². The molecule has 9 heteroatoms. The highest BCUT2D eigenvalue weighted by Gasteiger charge is 2.17. The standard InChI is InChI=1S/C16H16Cl2N2O4S/c1-2-19-16(21)10-24-15-8-7-13(9-14(15)18)25(22,23)20-12-5-3-11(17)4-6-12/h3-9,20H,2,10H2,1H3,(H,19,21). The third kappa shape index (κ3) is 5.52. The first-order chi connectivity index (χ1) is 11.8. The van der Waals surface area contributed by atoms with Gasteiger partial charge in [0.2, 0.25) is 0 Å². The summed E-state index contributed by atoms with van der Waals surface area (Å²) in [6.07, 6.45) is 0. The molecule has 0 aliphatic rings. The van der Waals surface area contributed by atoms with Crippen LogP contribution < -0.4 is 14.8 Å². The number of sulfonamides is 1. The van der Waals surface area contributed by atoms with E-state index in [0.717, 1.165) is 0 Å². The number of amides is 1. The van der Waals surface area contributed by atoms with E-state index in [2.05, 4.69) is 10.0 Å². The van der Waals surface area contributed by atoms with Gasteiger partial charge in [0, 0.05) is 17.3 Å². The molecule has 1 amide bonds. The first-order valence-electron chi connectivity index (χ1n) is 7.29. The number of halogens is 2. The molecule has 134 valence electrons. The van der Waals surface area contributed by atoms with Gasteiger partial charge in [-0.05, 0) is 49.4 Å². The lowest BCUT2D eigenvalue weighted by Gasteiger charge is -2.11. The Morgan fingerprint density at radius 1 is 1.12 bits per heavy atom. The van der Waals surface area contributed by atoms with Gasteiger partial charge in [-0.3, -0.25) is 9.52 Å². The van der Waals surface area contributed by atoms with Crippen LogP contribution in [0.2, 0.25) is 10.0 Å². The number of rotatable bonds is 7. The zero-order valence-corrected chi connectivity index (χ0v) is 15.6. The van der Waals surface area contributed by atoms with Gasteiger partial charge in [0.05, 0.1) is 9.92 Å². The molecule has 6 nitrogen and oxygen atoms in total. The fraction of sp³-hybridized carbons (Fsp3) is 0.188. The average Bonchev–Trinajstić information content (AvgIpc) is 2.56. The summed E-state index contributed by atoms with van der Waals surface area (Å²) in [7, 11) is -3.82. The van der Waals surface area contributed by atoms with Crippen molar-refractivity contribution in [2.24, 2.45) is 0 Å². The van der Waals surface area contributed by atoms with Gasteiger partial charge in [-0.25, -0.2) is 8.42 Å². The lowest BCUT2D eigenvalue weighted by atomic mass is 10.3. The summed E-state index contributed by atoms with van der Waals surface area (Å²) in [6.45, 7) is 2.07. The van der Waals surface area contributed by atoms with Crippen LogP contribution in [0.1, 0.15) is 6.92 Å². The predicted octanol–water partition coefficient (Wildman–Crippen LogP) is 3.31. The maximum atomic E-state index is 12.4. The molecule has 2 aromatic carbocycles. The number of hydrogen-bond donors (Lipinski definition) is 2. The van der Waals surface area contributed by atoms with Gasteiger partial charge in [-0.1, -0.05) is 23.2 Å². The third-order valence-corrected chi connectivity index (χ3v) is 4.97. The summed E-state index contributed by atoms with van der Waals surface area (Å²) in [5.74, 6) is -0.0713. The van der Waals surface area contributed by atoms with E-state index in [-0.39, 0.29) is 28.2 Å². The Labute approximate surface area is 156 Å². The highest BCUT2D eigenvalue weighted by molar-refractivity contribution is 7.92. The van der Waals surface area contributed by atoms with Gasteiger partial charge in [0.15, 0.2) is 6.61 Å². The van der Waals surface area contributed by atoms with E-state index >= 15 is 0 Å². The van der Waals surface area contributed by atoms with Crippen molar-refractivity contribution in [2.45, 2.75) is 11.8 Å². The molecular weight excluding hydrogens is 387 g/mol. The quantitative estimate of drug-likeness (QED) is 0.743. The van der Waals surface area contributed by atoms with E-state index in [4.69, 9.17) is 27.9 Å². The van der Waals surface area contributed by atoms with Gasteiger partial charge in [0.1, 0.15) is 5.75 Å². The van der Waals surface area contributed by atoms with Gasteiger partial charge < -0.3 is 10.1 Å². The van der Waals surface area contributed by atoms with Crippen molar-refractivity contribution in [3.8, 4) is 5.75 Å². The maximum absolute atomic E-state index is 12.4. The van der Waals surface area contributed by atoms with Crippen molar-refractivity contribution in [2.75, 3.05) is 17.9 Å². The molecule has 0 bridgehead atoms. The van der Waals surface area contributed by atoms with E-state index in [9.17, 15) is 13.2 Å². The van der Waals surface area contributed by atoms with Crippen LogP contribution >= 0.6 is 23.2 Å². The van der Waals surface area contributed by atoms with Crippen molar-refractivity contribution in [1.82, 2.24) is 5.32 Å². The Hall–Kier alpha value is -1.96. The molecule has 0 unspecified atom stereocenters. The van der Waals surface area contributed by atoms with E-state index in [1.165, 1.54) is 18.2 Å². The number of nitrogens with one attached hydrogen (secondary N) is 2. The molecular formula is C16H16Cl2N2O4S. The molecule has 2 N–H and O–H groups in total. The van der Waals surface area contributed by atoms with Crippen LogP contribution in [0, 0.1) is 0 Å². The summed E-state index contributed by atoms with van der Waals surface area (Å²) >= 11 is 11.8. The second-order valence-corrected chi connectivity index (χ2v) is 7.47. The summed E-state index contributed by atoms with van der Waals surface area (Å²) in [5, 5.41) is 3.17. The smallest absolute Gasteiger partial charge is 0.261 e. The van der Waals surface area contributed by atoms with E-state index in [0.29, 0.717) is 17.3 Å². The minimum Gasteiger partial charge on any atom is -0.482 e. The Kier molecular flexibility index (Phi) is 6.52. The Morgan fingerprint density at radius 3 is 2.40 bits per heavy atom. The minimum atomic E-state index is -3.82. The van der Waals surface area contributed by atoms with E-state index < -0.39 is 10.0 Å². The van der Waals surface area contributed by atoms with Crippen molar-refractivity contribution < 1.29 is 17.9 Å². The molecule has 25 heavy (non-hydrogen) atoms. The molecule has 2 aromatic rings. The third-order valence-electron chi connectivity index (χ3n) is 3.04. The highest BCUT2D eigenvalue weighted by Crippen LogP contribution is 2.28. The summed E-state index contributed by atoms with van der Waals surface area (Å²) in [6, 6.07) is 10.2. The van der Waals surface area contributed by atoms with Crippen LogP contribution in [-0.2, 0) is 14.8 Å². The molecule has 0 aliphatic carbocycles. The molecule has 0 radical (unpaired) electrons. The SMILES string of the molecule is CCNC(=O)COc1ccc(S(=O)(=O)Nc2ccc(Cl)cc2)cc1Cl. The molecule has 0 heterocycles. The zero-order chi connectivity index (χ0) is 18.4. The number of carbonyl (C=O) groups is 1. The predicted molar refractivity (Wildman–Crippen MR) is 97.9 cm³/mol. The maximum Gasteiger partial charge on any atom is 0.261 e. The van der Waals surface area contributed by atoms with Gasteiger partial charge >= 0.3 is 0 Å². The molecule has 0 aliphatic heterocycles. The highest BCUT2D eigenvalue weighted by atomic mass is 35.5. The molecule has 0 fully saturated rings. The largest absolute Gasteiger partial charge is 0.482 e. The minimum absolute atomic E-state index is 0.0298. The van der Waals surface area contributed by atoms with E-state index in [1.807, 2.05) is 0 Å². The molecule has 0 saturated heterocycles. The van der Waals surface area contributed by atoms with Crippen LogP contribution in [0.4, 0.5) is 5.69 Å². The second kappa shape index (κ2) is 8.42. The molecule has 0 aromatic heterocycles. The molecule has 0 saturated carbocycles. The van der Waals surface area contributed by atoms with Gasteiger partial charge in [0.25, 0.3) is 15.9 Å². The fourth-order valence-corrected chi connectivity index (χ4v) is 3.40. The number of hydrogen-bond acceptors (Lipinski definition) is 4.